The van der Waals surface area contributed by atoms with E-state index < -0.39 is 0 Å². The lowest BCUT2D eigenvalue weighted by atomic mass is 10.2. The normalized spacial score (nSPS) is 10.9. The van der Waals surface area contributed by atoms with Gasteiger partial charge in [-0.25, -0.2) is 0 Å². The first-order valence-electron chi connectivity index (χ1n) is 5.02. The van der Waals surface area contributed by atoms with Crippen molar-refractivity contribution >= 4 is 5.90 Å². The van der Waals surface area contributed by atoms with Crippen LogP contribution in [0, 0.1) is 11.3 Å². The maximum absolute atomic E-state index is 11.7. The summed E-state index contributed by atoms with van der Waals surface area (Å²) in [5.41, 5.74) is 0.972. The van der Waals surface area contributed by atoms with Crippen LogP contribution < -0.4 is 9.78 Å². The molecule has 0 amide bonds. The van der Waals surface area contributed by atoms with Crippen molar-refractivity contribution in [1.82, 2.24) is 0 Å². The molecular weight excluding hydrogens is 214 g/mol. The number of benzene rings is 1. The van der Waals surface area contributed by atoms with Gasteiger partial charge in [-0.2, -0.15) is 5.26 Å². The molecule has 82 valence electrons. The van der Waals surface area contributed by atoms with Crippen LogP contribution in [0.1, 0.15) is 11.1 Å². The molecule has 0 unspecified atom stereocenters. The van der Waals surface area contributed by atoms with Crippen LogP contribution in [0.2, 0.25) is 0 Å². The Balaban J connectivity index is 2.33. The van der Waals surface area contributed by atoms with Gasteiger partial charge in [-0.05, 0) is 16.7 Å². The predicted molar refractivity (Wildman–Crippen MR) is 59.7 cm³/mol. The zero-order valence-corrected chi connectivity index (χ0v) is 8.95. The third-order valence-electron chi connectivity index (χ3n) is 2.14. The second-order valence-electron chi connectivity index (χ2n) is 3.36. The maximum Gasteiger partial charge on any atom is 0.220 e. The molecule has 1 heterocycles. The lowest BCUT2D eigenvalue weighted by molar-refractivity contribution is -0.681. The molecule has 4 heteroatoms. The van der Waals surface area contributed by atoms with Gasteiger partial charge in [0.1, 0.15) is 11.6 Å². The molecule has 17 heavy (non-hydrogen) atoms. The molecule has 0 spiro atoms. The van der Waals surface area contributed by atoms with Crippen molar-refractivity contribution < 1.29 is 9.78 Å². The highest BCUT2D eigenvalue weighted by Crippen LogP contribution is 1.97. The first kappa shape index (κ1) is 10.8. The van der Waals surface area contributed by atoms with Crippen molar-refractivity contribution in [1.29, 1.82) is 5.26 Å². The van der Waals surface area contributed by atoms with E-state index in [1.807, 2.05) is 12.1 Å². The second-order valence-corrected chi connectivity index (χ2v) is 3.36. The van der Waals surface area contributed by atoms with Gasteiger partial charge < -0.3 is 5.11 Å². The molecule has 0 N–H and O–H groups in total. The van der Waals surface area contributed by atoms with Crippen LogP contribution in [-0.2, 0) is 0 Å². The zero-order valence-electron chi connectivity index (χ0n) is 8.95. The molecule has 2 aromatic rings. The van der Waals surface area contributed by atoms with E-state index in [4.69, 9.17) is 5.26 Å². The lowest BCUT2D eigenvalue weighted by Crippen LogP contribution is -2.33. The summed E-state index contributed by atoms with van der Waals surface area (Å²) in [6.45, 7) is 0. The number of nitrogens with zero attached hydrogens (tertiary/aromatic N) is 3. The Labute approximate surface area is 98.7 Å². The van der Waals surface area contributed by atoms with Crippen molar-refractivity contribution in [3.05, 3.63) is 66.0 Å². The molecule has 0 aliphatic carbocycles. The predicted octanol–water partition coefficient (Wildman–Crippen LogP) is 0.416. The third kappa shape index (κ3) is 2.67. The Morgan fingerprint density at radius 1 is 1.18 bits per heavy atom. The average Bonchev–Trinajstić information content (AvgIpc) is 2.40. The largest absolute Gasteiger partial charge is 0.854 e. The minimum Gasteiger partial charge on any atom is -0.854 e. The van der Waals surface area contributed by atoms with Gasteiger partial charge in [-0.3, -0.25) is 0 Å². The van der Waals surface area contributed by atoms with Crippen molar-refractivity contribution in [2.24, 2.45) is 5.10 Å². The Morgan fingerprint density at radius 2 is 1.94 bits per heavy atom. The molecule has 0 saturated heterocycles. The summed E-state index contributed by atoms with van der Waals surface area (Å²) in [4.78, 5) is 0. The van der Waals surface area contributed by atoms with E-state index in [1.54, 1.807) is 42.6 Å². The van der Waals surface area contributed by atoms with Crippen molar-refractivity contribution in [2.45, 2.75) is 0 Å². The van der Waals surface area contributed by atoms with Crippen LogP contribution in [0.4, 0.5) is 0 Å². The first-order chi connectivity index (χ1) is 8.29. The fourth-order valence-electron chi connectivity index (χ4n) is 1.34. The first-order valence-corrected chi connectivity index (χ1v) is 5.02. The monoisotopic (exact) mass is 223 g/mol. The van der Waals surface area contributed by atoms with E-state index in [9.17, 15) is 5.11 Å². The number of hydrogen-bond acceptors (Lipinski definition) is 3. The fourth-order valence-corrected chi connectivity index (χ4v) is 1.34. The summed E-state index contributed by atoms with van der Waals surface area (Å²) in [7, 11) is 0. The molecule has 1 aromatic heterocycles. The summed E-state index contributed by atoms with van der Waals surface area (Å²) in [5.74, 6) is -0.342. The number of nitriles is 1. The van der Waals surface area contributed by atoms with Gasteiger partial charge in [-0.15, -0.1) is 0 Å². The summed E-state index contributed by atoms with van der Waals surface area (Å²) in [5, 5.41) is 24.3. The van der Waals surface area contributed by atoms with Crippen molar-refractivity contribution in [3.63, 3.8) is 0 Å². The average molecular weight is 223 g/mol. The molecule has 0 bridgehead atoms. The van der Waals surface area contributed by atoms with Crippen LogP contribution in [0.3, 0.4) is 0 Å². The summed E-state index contributed by atoms with van der Waals surface area (Å²) in [6, 6.07) is 14.1. The highest BCUT2D eigenvalue weighted by atomic mass is 16.3. The molecule has 0 fully saturated rings. The van der Waals surface area contributed by atoms with Crippen LogP contribution in [0.25, 0.3) is 0 Å². The van der Waals surface area contributed by atoms with Crippen molar-refractivity contribution in [3.8, 4) is 6.07 Å². The van der Waals surface area contributed by atoms with Gasteiger partial charge >= 0.3 is 0 Å². The van der Waals surface area contributed by atoms with Gasteiger partial charge in [-0.1, -0.05) is 35.0 Å². The molecule has 4 nitrogen and oxygen atoms in total. The topological polar surface area (TPSA) is 63.1 Å². The summed E-state index contributed by atoms with van der Waals surface area (Å²) in [6.07, 6.45) is 3.11. The number of pyridine rings is 1. The Kier molecular flexibility index (Phi) is 3.13. The molecule has 0 saturated carbocycles. The smallest absolute Gasteiger partial charge is 0.220 e. The highest BCUT2D eigenvalue weighted by molar-refractivity contribution is 5.89. The lowest BCUT2D eigenvalue weighted by Gasteiger charge is -2.05. The Hall–Kier alpha value is -2.67. The van der Waals surface area contributed by atoms with E-state index in [1.165, 1.54) is 10.9 Å². The van der Waals surface area contributed by atoms with Gasteiger partial charge in [0.25, 0.3) is 0 Å². The summed E-state index contributed by atoms with van der Waals surface area (Å²) < 4.78 is 1.34. The van der Waals surface area contributed by atoms with Gasteiger partial charge in [0, 0.05) is 6.07 Å². The van der Waals surface area contributed by atoms with Crippen LogP contribution in [0.15, 0.2) is 60.0 Å². The van der Waals surface area contributed by atoms with Gasteiger partial charge in [0.15, 0.2) is 0 Å². The number of aromatic nitrogens is 1. The SMILES string of the molecule is N#Cc1ccc[n+](/N=C(\[O-])c2ccccc2)c1. The van der Waals surface area contributed by atoms with E-state index >= 15 is 0 Å². The standard InChI is InChI=1S/C13H9N3O/c14-9-11-5-4-8-16(10-11)15-13(17)12-6-2-1-3-7-12/h1-8,10H. The molecule has 0 radical (unpaired) electrons. The summed E-state index contributed by atoms with van der Waals surface area (Å²) >= 11 is 0. The second kappa shape index (κ2) is 4.90. The molecule has 1 aromatic carbocycles. The van der Waals surface area contributed by atoms with Crippen LogP contribution in [-0.4, -0.2) is 5.90 Å². The van der Waals surface area contributed by atoms with E-state index in [2.05, 4.69) is 5.10 Å². The highest BCUT2D eigenvalue weighted by Gasteiger charge is 2.00. The molecule has 0 aliphatic rings. The zero-order chi connectivity index (χ0) is 12.1. The quantitative estimate of drug-likeness (QED) is 0.420. The Bertz CT molecular complexity index is 585. The molecular formula is C13H9N3O. The van der Waals surface area contributed by atoms with E-state index in [-0.39, 0.29) is 5.90 Å². The van der Waals surface area contributed by atoms with Crippen molar-refractivity contribution in [2.75, 3.05) is 0 Å². The van der Waals surface area contributed by atoms with E-state index in [0.717, 1.165) is 0 Å². The third-order valence-corrected chi connectivity index (χ3v) is 2.14. The molecule has 0 aliphatic heterocycles. The van der Waals surface area contributed by atoms with Gasteiger partial charge in [0.05, 0.1) is 5.90 Å². The number of rotatable bonds is 2. The fraction of sp³-hybridized carbons (Fsp3) is 0. The van der Waals surface area contributed by atoms with Crippen LogP contribution >= 0.6 is 0 Å². The molecule has 2 rings (SSSR count). The molecule has 0 atom stereocenters. The van der Waals surface area contributed by atoms with Gasteiger partial charge in [0.2, 0.25) is 12.4 Å². The Morgan fingerprint density at radius 3 is 2.65 bits per heavy atom. The minimum absolute atomic E-state index is 0.342. The van der Waals surface area contributed by atoms with Crippen LogP contribution in [0.5, 0.6) is 0 Å². The minimum atomic E-state index is -0.342. The maximum atomic E-state index is 11.7. The van der Waals surface area contributed by atoms with E-state index in [0.29, 0.717) is 11.1 Å². The number of hydrogen-bond donors (Lipinski definition) is 0.